The Morgan fingerprint density at radius 2 is 2.15 bits per heavy atom. The molecule has 0 atom stereocenters. The summed E-state index contributed by atoms with van der Waals surface area (Å²) in [4.78, 5) is 17.9. The third kappa shape index (κ3) is 2.93. The Morgan fingerprint density at radius 3 is 2.60 bits per heavy atom. The van der Waals surface area contributed by atoms with Crippen LogP contribution in [0.3, 0.4) is 0 Å². The number of likely N-dealkylation sites (N-methyl/N-ethyl adjacent to an activating group) is 1. The van der Waals surface area contributed by atoms with Crippen molar-refractivity contribution in [3.8, 4) is 0 Å². The first-order valence-electron chi connectivity index (χ1n) is 7.12. The molecule has 0 saturated heterocycles. The summed E-state index contributed by atoms with van der Waals surface area (Å²) in [5, 5.41) is 12.5. The number of hydrogen-bond acceptors (Lipinski definition) is 4. The molecule has 110 valence electrons. The Labute approximate surface area is 120 Å². The highest BCUT2D eigenvalue weighted by molar-refractivity contribution is 5.88. The van der Waals surface area contributed by atoms with E-state index in [4.69, 9.17) is 5.11 Å². The first-order chi connectivity index (χ1) is 9.47. The Hall–Kier alpha value is -1.62. The van der Waals surface area contributed by atoms with Crippen LogP contribution in [0, 0.1) is 0 Å². The molecule has 0 unspecified atom stereocenters. The Morgan fingerprint density at radius 1 is 1.45 bits per heavy atom. The fraction of sp³-hybridized carbons (Fsp3) is 0.600. The quantitative estimate of drug-likeness (QED) is 0.835. The number of aryl methyl sites for hydroxylation is 1. The maximum atomic E-state index is 11.1. The summed E-state index contributed by atoms with van der Waals surface area (Å²) in [5.41, 5.74) is 1.29. The SMILES string of the molecule is CCc1cc(C(=O)O)cc(NCC2(N(C)C)CCC2)n1. The van der Waals surface area contributed by atoms with Gasteiger partial charge < -0.3 is 15.3 Å². The zero-order valence-corrected chi connectivity index (χ0v) is 12.4. The predicted octanol–water partition coefficient (Wildman–Crippen LogP) is 2.24. The summed E-state index contributed by atoms with van der Waals surface area (Å²) in [6.45, 7) is 2.78. The minimum Gasteiger partial charge on any atom is -0.478 e. The minimum absolute atomic E-state index is 0.188. The van der Waals surface area contributed by atoms with E-state index in [-0.39, 0.29) is 5.54 Å². The van der Waals surface area contributed by atoms with Crippen LogP contribution >= 0.6 is 0 Å². The number of anilines is 1. The van der Waals surface area contributed by atoms with E-state index in [1.165, 1.54) is 19.3 Å². The lowest BCUT2D eigenvalue weighted by Gasteiger charge is -2.47. The predicted molar refractivity (Wildman–Crippen MR) is 79.3 cm³/mol. The molecule has 0 spiro atoms. The van der Waals surface area contributed by atoms with Gasteiger partial charge in [-0.2, -0.15) is 0 Å². The zero-order chi connectivity index (χ0) is 14.8. The Kier molecular flexibility index (Phi) is 4.28. The van der Waals surface area contributed by atoms with Crippen molar-refractivity contribution in [1.82, 2.24) is 9.88 Å². The Bertz CT molecular complexity index is 496. The molecule has 20 heavy (non-hydrogen) atoms. The number of aromatic carboxylic acids is 1. The van der Waals surface area contributed by atoms with E-state index in [0.29, 0.717) is 11.4 Å². The van der Waals surface area contributed by atoms with Gasteiger partial charge in [-0.25, -0.2) is 9.78 Å². The lowest BCUT2D eigenvalue weighted by Crippen LogP contribution is -2.54. The van der Waals surface area contributed by atoms with Crippen molar-refractivity contribution >= 4 is 11.8 Å². The Balaban J connectivity index is 2.12. The van der Waals surface area contributed by atoms with E-state index in [0.717, 1.165) is 18.7 Å². The van der Waals surface area contributed by atoms with E-state index >= 15 is 0 Å². The summed E-state index contributed by atoms with van der Waals surface area (Å²) < 4.78 is 0. The average Bonchev–Trinajstić information content (AvgIpc) is 2.36. The molecule has 0 aromatic carbocycles. The number of pyridine rings is 1. The van der Waals surface area contributed by atoms with Crippen LogP contribution in [0.2, 0.25) is 0 Å². The summed E-state index contributed by atoms with van der Waals surface area (Å²) in [5.74, 6) is -0.244. The van der Waals surface area contributed by atoms with Gasteiger partial charge in [0.05, 0.1) is 5.56 Å². The highest BCUT2D eigenvalue weighted by Crippen LogP contribution is 2.36. The molecule has 0 bridgehead atoms. The molecule has 0 amide bonds. The molecule has 1 heterocycles. The fourth-order valence-corrected chi connectivity index (χ4v) is 2.60. The smallest absolute Gasteiger partial charge is 0.335 e. The molecule has 1 aliphatic carbocycles. The van der Waals surface area contributed by atoms with Crippen LogP contribution in [0.4, 0.5) is 5.82 Å². The number of nitrogens with zero attached hydrogens (tertiary/aromatic N) is 2. The molecule has 1 aromatic rings. The lowest BCUT2D eigenvalue weighted by atomic mass is 9.75. The van der Waals surface area contributed by atoms with Gasteiger partial charge in [-0.1, -0.05) is 6.92 Å². The van der Waals surface area contributed by atoms with E-state index in [1.807, 2.05) is 6.92 Å². The molecule has 0 radical (unpaired) electrons. The van der Waals surface area contributed by atoms with E-state index in [1.54, 1.807) is 12.1 Å². The van der Waals surface area contributed by atoms with Gasteiger partial charge in [0.1, 0.15) is 5.82 Å². The zero-order valence-electron chi connectivity index (χ0n) is 12.4. The fourth-order valence-electron chi connectivity index (χ4n) is 2.60. The second-order valence-corrected chi connectivity index (χ2v) is 5.72. The van der Waals surface area contributed by atoms with Gasteiger partial charge in [0, 0.05) is 17.8 Å². The number of carbonyl (C=O) groups is 1. The maximum absolute atomic E-state index is 11.1. The van der Waals surface area contributed by atoms with Crippen LogP contribution < -0.4 is 5.32 Å². The topological polar surface area (TPSA) is 65.5 Å². The number of rotatable bonds is 6. The van der Waals surface area contributed by atoms with Crippen LogP contribution in [-0.2, 0) is 6.42 Å². The van der Waals surface area contributed by atoms with Gasteiger partial charge >= 0.3 is 5.97 Å². The molecule has 0 aliphatic heterocycles. The largest absolute Gasteiger partial charge is 0.478 e. The number of carboxylic acid groups (broad SMARTS) is 1. The van der Waals surface area contributed by atoms with Crippen LogP contribution in [0.5, 0.6) is 0 Å². The molecular formula is C15H23N3O2. The molecule has 1 saturated carbocycles. The third-order valence-corrected chi connectivity index (χ3v) is 4.32. The highest BCUT2D eigenvalue weighted by Gasteiger charge is 2.38. The van der Waals surface area contributed by atoms with Gasteiger partial charge in [-0.05, 0) is 51.9 Å². The van der Waals surface area contributed by atoms with Crippen LogP contribution in [0.1, 0.15) is 42.2 Å². The first kappa shape index (κ1) is 14.8. The molecule has 1 fully saturated rings. The van der Waals surface area contributed by atoms with Gasteiger partial charge in [0.25, 0.3) is 0 Å². The van der Waals surface area contributed by atoms with Crippen LogP contribution in [0.15, 0.2) is 12.1 Å². The van der Waals surface area contributed by atoms with Crippen molar-refractivity contribution in [1.29, 1.82) is 0 Å². The van der Waals surface area contributed by atoms with E-state index in [2.05, 4.69) is 29.3 Å². The summed E-state index contributed by atoms with van der Waals surface area (Å²) in [6, 6.07) is 3.25. The van der Waals surface area contributed by atoms with Gasteiger partial charge in [-0.15, -0.1) is 0 Å². The second-order valence-electron chi connectivity index (χ2n) is 5.72. The molecule has 5 nitrogen and oxygen atoms in total. The first-order valence-corrected chi connectivity index (χ1v) is 7.12. The number of hydrogen-bond donors (Lipinski definition) is 2. The normalized spacial score (nSPS) is 16.8. The average molecular weight is 277 g/mol. The molecule has 1 aromatic heterocycles. The monoisotopic (exact) mass is 277 g/mol. The number of nitrogens with one attached hydrogen (secondary N) is 1. The summed E-state index contributed by atoms with van der Waals surface area (Å²) in [7, 11) is 4.19. The minimum atomic E-state index is -0.906. The maximum Gasteiger partial charge on any atom is 0.335 e. The van der Waals surface area contributed by atoms with E-state index < -0.39 is 5.97 Å². The van der Waals surface area contributed by atoms with E-state index in [9.17, 15) is 4.79 Å². The van der Waals surface area contributed by atoms with Crippen LogP contribution in [-0.4, -0.2) is 47.1 Å². The molecular weight excluding hydrogens is 254 g/mol. The third-order valence-electron chi connectivity index (χ3n) is 4.32. The lowest BCUT2D eigenvalue weighted by molar-refractivity contribution is 0.0696. The van der Waals surface area contributed by atoms with Crippen molar-refractivity contribution in [2.45, 2.75) is 38.1 Å². The highest BCUT2D eigenvalue weighted by atomic mass is 16.4. The van der Waals surface area contributed by atoms with Crippen molar-refractivity contribution in [3.05, 3.63) is 23.4 Å². The van der Waals surface area contributed by atoms with Crippen molar-refractivity contribution < 1.29 is 9.90 Å². The second kappa shape index (κ2) is 5.79. The van der Waals surface area contributed by atoms with Crippen LogP contribution in [0.25, 0.3) is 0 Å². The number of aromatic nitrogens is 1. The molecule has 2 rings (SSSR count). The molecule has 1 aliphatic rings. The van der Waals surface area contributed by atoms with Crippen molar-refractivity contribution in [3.63, 3.8) is 0 Å². The molecule has 2 N–H and O–H groups in total. The molecule has 5 heteroatoms. The number of carboxylic acids is 1. The van der Waals surface area contributed by atoms with Crippen molar-refractivity contribution in [2.75, 3.05) is 26.0 Å². The van der Waals surface area contributed by atoms with Crippen molar-refractivity contribution in [2.24, 2.45) is 0 Å². The summed E-state index contributed by atoms with van der Waals surface area (Å²) >= 11 is 0. The summed E-state index contributed by atoms with van der Waals surface area (Å²) in [6.07, 6.45) is 4.33. The van der Waals surface area contributed by atoms with Gasteiger partial charge in [-0.3, -0.25) is 0 Å². The standard InChI is InChI=1S/C15H23N3O2/c1-4-12-8-11(14(19)20)9-13(17-12)16-10-15(18(2)3)6-5-7-15/h8-9H,4-7,10H2,1-3H3,(H,16,17)(H,19,20). The van der Waals surface area contributed by atoms with Gasteiger partial charge in [0.15, 0.2) is 0 Å². The van der Waals surface area contributed by atoms with Gasteiger partial charge in [0.2, 0.25) is 0 Å².